The van der Waals surface area contributed by atoms with Gasteiger partial charge >= 0.3 is 0 Å². The van der Waals surface area contributed by atoms with E-state index in [0.29, 0.717) is 49.2 Å². The van der Waals surface area contributed by atoms with Crippen LogP contribution in [0.1, 0.15) is 10.4 Å². The molecule has 2 aromatic carbocycles. The minimum atomic E-state index is -0.876. The molecule has 3 aromatic rings. The van der Waals surface area contributed by atoms with Gasteiger partial charge in [0.05, 0.1) is 31.6 Å². The number of carbonyl (C=O) groups excluding carboxylic acids is 1. The summed E-state index contributed by atoms with van der Waals surface area (Å²) in [6.07, 6.45) is -0.876. The van der Waals surface area contributed by atoms with Crippen LogP contribution in [0.3, 0.4) is 0 Å². The van der Waals surface area contributed by atoms with Crippen molar-refractivity contribution in [3.05, 3.63) is 72.3 Å². The topological polar surface area (TPSA) is 93.1 Å². The number of hydrogen-bond acceptors (Lipinski definition) is 7. The molecule has 0 bridgehead atoms. The fourth-order valence-electron chi connectivity index (χ4n) is 3.66. The molecule has 8 heteroatoms. The molecule has 0 unspecified atom stereocenters. The van der Waals surface area contributed by atoms with Crippen molar-refractivity contribution >= 4 is 11.7 Å². The molecule has 1 aliphatic rings. The van der Waals surface area contributed by atoms with E-state index in [-0.39, 0.29) is 19.1 Å². The van der Waals surface area contributed by atoms with Crippen molar-refractivity contribution in [3.8, 4) is 22.8 Å². The molecule has 178 valence electrons. The van der Waals surface area contributed by atoms with E-state index in [2.05, 4.69) is 10.2 Å². The summed E-state index contributed by atoms with van der Waals surface area (Å²) >= 11 is 0. The summed E-state index contributed by atoms with van der Waals surface area (Å²) in [6.45, 7) is 2.56. The lowest BCUT2D eigenvalue weighted by Crippen LogP contribution is -2.40. The van der Waals surface area contributed by atoms with Crippen LogP contribution in [-0.2, 0) is 4.74 Å². The predicted octanol–water partition coefficient (Wildman–Crippen LogP) is 2.76. The van der Waals surface area contributed by atoms with Gasteiger partial charge in [0, 0.05) is 31.3 Å². The maximum absolute atomic E-state index is 13.0. The van der Waals surface area contributed by atoms with E-state index in [9.17, 15) is 9.90 Å². The Morgan fingerprint density at radius 3 is 2.62 bits per heavy atom. The number of nitrogens with zero attached hydrogens (tertiary/aromatic N) is 2. The van der Waals surface area contributed by atoms with Crippen LogP contribution in [-0.4, -0.2) is 68.7 Å². The number of benzene rings is 2. The zero-order chi connectivity index (χ0) is 23.8. The van der Waals surface area contributed by atoms with Crippen molar-refractivity contribution < 1.29 is 24.1 Å². The van der Waals surface area contributed by atoms with Crippen LogP contribution in [0.4, 0.5) is 5.82 Å². The molecule has 4 rings (SSSR count). The fourth-order valence-corrected chi connectivity index (χ4v) is 3.66. The Morgan fingerprint density at radius 2 is 1.85 bits per heavy atom. The molecule has 1 aromatic heterocycles. The highest BCUT2D eigenvalue weighted by atomic mass is 16.5. The van der Waals surface area contributed by atoms with E-state index in [0.717, 1.165) is 11.3 Å². The third kappa shape index (κ3) is 6.03. The standard InChI is InChI=1S/C26H29N3O5/c1-32-21-8-5-9-22(16-21)34-18-20(30)17-27-26(31)23-10-11-24(19-6-3-2-4-7-19)28-25(23)29-12-14-33-15-13-29/h2-11,16,20,30H,12-15,17-18H2,1H3,(H,27,31)/t20-/m0/s1. The van der Waals surface area contributed by atoms with Gasteiger partial charge in [-0.3, -0.25) is 4.79 Å². The number of nitrogens with one attached hydrogen (secondary N) is 1. The zero-order valence-corrected chi connectivity index (χ0v) is 19.1. The van der Waals surface area contributed by atoms with Gasteiger partial charge in [0.25, 0.3) is 5.91 Å². The molecule has 0 radical (unpaired) electrons. The van der Waals surface area contributed by atoms with E-state index in [1.165, 1.54) is 0 Å². The predicted molar refractivity (Wildman–Crippen MR) is 130 cm³/mol. The minimum Gasteiger partial charge on any atom is -0.497 e. The lowest BCUT2D eigenvalue weighted by atomic mass is 10.1. The number of carbonyl (C=O) groups is 1. The molecule has 0 saturated carbocycles. The largest absolute Gasteiger partial charge is 0.497 e. The third-order valence-electron chi connectivity index (χ3n) is 5.48. The number of aliphatic hydroxyl groups excluding tert-OH is 1. The van der Waals surface area contributed by atoms with Gasteiger partial charge in [0.15, 0.2) is 0 Å². The smallest absolute Gasteiger partial charge is 0.255 e. The second-order valence-corrected chi connectivity index (χ2v) is 7.89. The quantitative estimate of drug-likeness (QED) is 0.504. The van der Waals surface area contributed by atoms with Gasteiger partial charge in [0.1, 0.15) is 30.0 Å². The van der Waals surface area contributed by atoms with E-state index in [1.807, 2.05) is 48.5 Å². The maximum atomic E-state index is 13.0. The highest BCUT2D eigenvalue weighted by Gasteiger charge is 2.22. The van der Waals surface area contributed by atoms with Gasteiger partial charge in [-0.25, -0.2) is 4.98 Å². The first-order chi connectivity index (χ1) is 16.6. The number of ether oxygens (including phenoxy) is 3. The lowest BCUT2D eigenvalue weighted by molar-refractivity contribution is 0.0842. The zero-order valence-electron chi connectivity index (χ0n) is 19.1. The number of morpholine rings is 1. The van der Waals surface area contributed by atoms with Crippen LogP contribution in [0.25, 0.3) is 11.3 Å². The summed E-state index contributed by atoms with van der Waals surface area (Å²) in [6, 6.07) is 20.6. The highest BCUT2D eigenvalue weighted by molar-refractivity contribution is 5.99. The number of anilines is 1. The normalized spacial score (nSPS) is 14.4. The maximum Gasteiger partial charge on any atom is 0.255 e. The Balaban J connectivity index is 1.42. The Labute approximate surface area is 199 Å². The molecule has 1 fully saturated rings. The molecule has 34 heavy (non-hydrogen) atoms. The number of hydrogen-bond donors (Lipinski definition) is 2. The second kappa shape index (κ2) is 11.5. The number of amides is 1. The van der Waals surface area contributed by atoms with Gasteiger partial charge in [-0.15, -0.1) is 0 Å². The Hall–Kier alpha value is -3.62. The van der Waals surface area contributed by atoms with Gasteiger partial charge in [0.2, 0.25) is 0 Å². The number of rotatable bonds is 9. The van der Waals surface area contributed by atoms with Crippen LogP contribution < -0.4 is 19.7 Å². The first-order valence-corrected chi connectivity index (χ1v) is 11.3. The van der Waals surface area contributed by atoms with Crippen LogP contribution >= 0.6 is 0 Å². The van der Waals surface area contributed by atoms with Crippen molar-refractivity contribution in [1.29, 1.82) is 0 Å². The Morgan fingerprint density at radius 1 is 1.09 bits per heavy atom. The Bertz CT molecular complexity index is 1090. The molecule has 1 aliphatic heterocycles. The van der Waals surface area contributed by atoms with Crippen molar-refractivity contribution in [2.75, 3.05) is 51.5 Å². The molecular weight excluding hydrogens is 434 g/mol. The molecule has 2 heterocycles. The molecule has 0 aliphatic carbocycles. The first-order valence-electron chi connectivity index (χ1n) is 11.3. The number of aliphatic hydroxyl groups is 1. The molecular formula is C26H29N3O5. The van der Waals surface area contributed by atoms with E-state index in [4.69, 9.17) is 19.2 Å². The molecule has 1 atom stereocenters. The summed E-state index contributed by atoms with van der Waals surface area (Å²) in [4.78, 5) is 19.9. The summed E-state index contributed by atoms with van der Waals surface area (Å²) in [7, 11) is 1.58. The van der Waals surface area contributed by atoms with Gasteiger partial charge < -0.3 is 29.5 Å². The SMILES string of the molecule is COc1cccc(OC[C@@H](O)CNC(=O)c2ccc(-c3ccccc3)nc2N2CCOCC2)c1. The van der Waals surface area contributed by atoms with Crippen LogP contribution in [0.2, 0.25) is 0 Å². The molecule has 0 spiro atoms. The molecule has 1 saturated heterocycles. The molecule has 8 nitrogen and oxygen atoms in total. The first kappa shape index (κ1) is 23.5. The van der Waals surface area contributed by atoms with Crippen molar-refractivity contribution in [2.24, 2.45) is 0 Å². The number of methoxy groups -OCH3 is 1. The molecule has 1 amide bonds. The fraction of sp³-hybridized carbons (Fsp3) is 0.308. The van der Waals surface area contributed by atoms with Crippen molar-refractivity contribution in [3.63, 3.8) is 0 Å². The van der Waals surface area contributed by atoms with Crippen LogP contribution in [0.5, 0.6) is 11.5 Å². The van der Waals surface area contributed by atoms with Crippen LogP contribution in [0, 0.1) is 0 Å². The van der Waals surface area contributed by atoms with Gasteiger partial charge in [-0.2, -0.15) is 0 Å². The minimum absolute atomic E-state index is 0.0367. The van der Waals surface area contributed by atoms with Crippen molar-refractivity contribution in [1.82, 2.24) is 10.3 Å². The van der Waals surface area contributed by atoms with E-state index < -0.39 is 6.10 Å². The summed E-state index contributed by atoms with van der Waals surface area (Å²) < 4.78 is 16.3. The highest BCUT2D eigenvalue weighted by Crippen LogP contribution is 2.25. The third-order valence-corrected chi connectivity index (χ3v) is 5.48. The average Bonchev–Trinajstić information content (AvgIpc) is 2.91. The van der Waals surface area contributed by atoms with Crippen LogP contribution in [0.15, 0.2) is 66.7 Å². The number of aromatic nitrogens is 1. The van der Waals surface area contributed by atoms with Gasteiger partial charge in [-0.1, -0.05) is 36.4 Å². The number of pyridine rings is 1. The lowest BCUT2D eigenvalue weighted by Gasteiger charge is -2.29. The average molecular weight is 464 g/mol. The Kier molecular flexibility index (Phi) is 7.95. The molecule has 2 N–H and O–H groups in total. The summed E-state index contributed by atoms with van der Waals surface area (Å²) in [5, 5.41) is 13.1. The summed E-state index contributed by atoms with van der Waals surface area (Å²) in [5.74, 6) is 1.57. The van der Waals surface area contributed by atoms with E-state index >= 15 is 0 Å². The summed E-state index contributed by atoms with van der Waals surface area (Å²) in [5.41, 5.74) is 2.24. The monoisotopic (exact) mass is 463 g/mol. The van der Waals surface area contributed by atoms with Gasteiger partial charge in [-0.05, 0) is 24.3 Å². The van der Waals surface area contributed by atoms with Crippen molar-refractivity contribution in [2.45, 2.75) is 6.10 Å². The second-order valence-electron chi connectivity index (χ2n) is 7.89. The van der Waals surface area contributed by atoms with E-state index in [1.54, 1.807) is 25.3 Å².